The van der Waals surface area contributed by atoms with Crippen LogP contribution in [0.1, 0.15) is 6.92 Å². The fourth-order valence-corrected chi connectivity index (χ4v) is 0. The normalized spacial score (nSPS) is 6.00. The van der Waals surface area contributed by atoms with Crippen molar-refractivity contribution in [1.82, 2.24) is 0 Å². The van der Waals surface area contributed by atoms with E-state index < -0.39 is 0 Å². The molecule has 2 heteroatoms. The molecule has 0 aromatic heterocycles. The average Bonchev–Trinajstić information content (AvgIpc) is 1.37. The van der Waals surface area contributed by atoms with Crippen molar-refractivity contribution in [3.05, 3.63) is 6.42 Å². The van der Waals surface area contributed by atoms with Crippen molar-refractivity contribution in [1.29, 1.82) is 0 Å². The molecule has 0 aliphatic rings. The molecule has 2 N–H and O–H groups in total. The Labute approximate surface area is 43.3 Å². The van der Waals surface area contributed by atoms with Crippen LogP contribution >= 0.6 is 17.0 Å². The summed E-state index contributed by atoms with van der Waals surface area (Å²) in [6, 6.07) is 0. The van der Waals surface area contributed by atoms with E-state index in [0.717, 1.165) is 0 Å². The van der Waals surface area contributed by atoms with Gasteiger partial charge in [0.25, 0.3) is 0 Å². The van der Waals surface area contributed by atoms with Gasteiger partial charge in [0.2, 0.25) is 0 Å². The number of halogens is 1. The lowest BCUT2D eigenvalue weighted by Gasteiger charge is -1.69. The van der Waals surface area contributed by atoms with Gasteiger partial charge in [0.1, 0.15) is 0 Å². The van der Waals surface area contributed by atoms with Crippen LogP contribution in [-0.4, -0.2) is 6.54 Å². The van der Waals surface area contributed by atoms with E-state index in [1.165, 1.54) is 0 Å². The van der Waals surface area contributed by atoms with Crippen LogP contribution in [0.2, 0.25) is 0 Å². The summed E-state index contributed by atoms with van der Waals surface area (Å²) in [5.41, 5.74) is 4.97. The third kappa shape index (κ3) is 12.7. The SMILES string of the molecule is Br.C[CH]CN. The van der Waals surface area contributed by atoms with Gasteiger partial charge in [0, 0.05) is 0 Å². The van der Waals surface area contributed by atoms with Crippen molar-refractivity contribution in [2.45, 2.75) is 6.92 Å². The van der Waals surface area contributed by atoms with Crippen LogP contribution in [0, 0.1) is 6.42 Å². The van der Waals surface area contributed by atoms with E-state index in [1.807, 2.05) is 13.3 Å². The van der Waals surface area contributed by atoms with Gasteiger partial charge in [-0.25, -0.2) is 0 Å². The summed E-state index contributed by atoms with van der Waals surface area (Å²) in [6.07, 6.45) is 1.90. The van der Waals surface area contributed by atoms with Crippen molar-refractivity contribution in [3.8, 4) is 0 Å². The minimum atomic E-state index is 0. The predicted octanol–water partition coefficient (Wildman–Crippen LogP) is 0.747. The molecule has 5 heavy (non-hydrogen) atoms. The topological polar surface area (TPSA) is 26.0 Å². The minimum absolute atomic E-state index is 0. The molecular weight excluding hydrogens is 130 g/mol. The van der Waals surface area contributed by atoms with E-state index in [-0.39, 0.29) is 17.0 Å². The molecule has 0 fully saturated rings. The highest BCUT2D eigenvalue weighted by Gasteiger charge is 1.56. The Hall–Kier alpha value is 0.440. The molecule has 0 saturated carbocycles. The lowest BCUT2D eigenvalue weighted by molar-refractivity contribution is 1.14. The van der Waals surface area contributed by atoms with Crippen molar-refractivity contribution >= 4 is 17.0 Å². The molecule has 0 saturated heterocycles. The largest absolute Gasteiger partial charge is 0.330 e. The van der Waals surface area contributed by atoms with Crippen LogP contribution in [-0.2, 0) is 0 Å². The Balaban J connectivity index is 0. The van der Waals surface area contributed by atoms with Gasteiger partial charge in [0.15, 0.2) is 0 Å². The first-order chi connectivity index (χ1) is 1.91. The fourth-order valence-electron chi connectivity index (χ4n) is 0. The molecule has 33 valence electrons. The zero-order valence-corrected chi connectivity index (χ0v) is 4.98. The zero-order valence-electron chi connectivity index (χ0n) is 3.27. The van der Waals surface area contributed by atoms with Gasteiger partial charge >= 0.3 is 0 Å². The maximum Gasteiger partial charge on any atom is -0.00485 e. The van der Waals surface area contributed by atoms with Crippen LogP contribution in [0.4, 0.5) is 0 Å². The second-order valence-corrected chi connectivity index (χ2v) is 0.644. The molecule has 0 atom stereocenters. The van der Waals surface area contributed by atoms with Crippen molar-refractivity contribution in [3.63, 3.8) is 0 Å². The standard InChI is InChI=1S/C3H8N.BrH/c1-2-3-4;/h2H,3-4H2,1H3;1H. The smallest absolute Gasteiger partial charge is 0.00485 e. The van der Waals surface area contributed by atoms with E-state index in [1.54, 1.807) is 0 Å². The molecular formula is C3H9BrN. The summed E-state index contributed by atoms with van der Waals surface area (Å²) < 4.78 is 0. The highest BCUT2D eigenvalue weighted by atomic mass is 79.9. The summed E-state index contributed by atoms with van der Waals surface area (Å²) >= 11 is 0. The van der Waals surface area contributed by atoms with Gasteiger partial charge < -0.3 is 5.73 Å². The highest BCUT2D eigenvalue weighted by molar-refractivity contribution is 8.93. The van der Waals surface area contributed by atoms with Gasteiger partial charge in [0.05, 0.1) is 0 Å². The maximum atomic E-state index is 4.97. The number of nitrogens with two attached hydrogens (primary N) is 1. The molecule has 0 spiro atoms. The monoisotopic (exact) mass is 138 g/mol. The highest BCUT2D eigenvalue weighted by Crippen LogP contribution is 1.54. The Morgan fingerprint density at radius 2 is 2.00 bits per heavy atom. The zero-order chi connectivity index (χ0) is 3.41. The van der Waals surface area contributed by atoms with Gasteiger partial charge in [-0.3, -0.25) is 0 Å². The van der Waals surface area contributed by atoms with Crippen LogP contribution in [0.15, 0.2) is 0 Å². The Morgan fingerprint density at radius 3 is 2.00 bits per heavy atom. The molecule has 0 unspecified atom stereocenters. The number of hydrogen-bond donors (Lipinski definition) is 1. The van der Waals surface area contributed by atoms with Crippen LogP contribution in [0.3, 0.4) is 0 Å². The maximum absolute atomic E-state index is 4.97. The average molecular weight is 139 g/mol. The van der Waals surface area contributed by atoms with E-state index >= 15 is 0 Å². The summed E-state index contributed by atoms with van der Waals surface area (Å²) in [4.78, 5) is 0. The summed E-state index contributed by atoms with van der Waals surface area (Å²) in [5.74, 6) is 0. The first-order valence-corrected chi connectivity index (χ1v) is 1.39. The molecule has 0 aliphatic heterocycles. The number of rotatable bonds is 1. The van der Waals surface area contributed by atoms with Crippen LogP contribution < -0.4 is 5.73 Å². The van der Waals surface area contributed by atoms with E-state index in [9.17, 15) is 0 Å². The molecule has 0 aromatic carbocycles. The van der Waals surface area contributed by atoms with Gasteiger partial charge in [-0.2, -0.15) is 0 Å². The second-order valence-electron chi connectivity index (χ2n) is 0.644. The Bertz CT molecular complexity index is 8.85. The molecule has 1 radical (unpaired) electrons. The predicted molar refractivity (Wildman–Crippen MR) is 29.4 cm³/mol. The van der Waals surface area contributed by atoms with Gasteiger partial charge in [-0.05, 0) is 13.0 Å². The van der Waals surface area contributed by atoms with Crippen LogP contribution in [0.5, 0.6) is 0 Å². The molecule has 0 amide bonds. The van der Waals surface area contributed by atoms with Crippen molar-refractivity contribution in [2.75, 3.05) is 6.54 Å². The van der Waals surface area contributed by atoms with Gasteiger partial charge in [-0.15, -0.1) is 17.0 Å². The summed E-state index contributed by atoms with van der Waals surface area (Å²) in [6.45, 7) is 2.62. The minimum Gasteiger partial charge on any atom is -0.330 e. The first kappa shape index (κ1) is 9.06. The summed E-state index contributed by atoms with van der Waals surface area (Å²) in [7, 11) is 0. The van der Waals surface area contributed by atoms with E-state index in [4.69, 9.17) is 5.73 Å². The molecule has 1 nitrogen and oxygen atoms in total. The Kier molecular flexibility index (Phi) is 16.0. The molecule has 0 heterocycles. The molecule has 0 rings (SSSR count). The van der Waals surface area contributed by atoms with Gasteiger partial charge in [-0.1, -0.05) is 6.92 Å². The molecule has 0 aromatic rings. The van der Waals surface area contributed by atoms with E-state index in [0.29, 0.717) is 6.54 Å². The lowest BCUT2D eigenvalue weighted by atomic mass is 10.5. The third-order valence-electron chi connectivity index (χ3n) is 0.236. The lowest BCUT2D eigenvalue weighted by Crippen LogP contribution is -1.94. The molecule has 0 bridgehead atoms. The second kappa shape index (κ2) is 8.83. The number of hydrogen-bond acceptors (Lipinski definition) is 1. The molecule has 0 aliphatic carbocycles. The summed E-state index contributed by atoms with van der Waals surface area (Å²) in [5, 5.41) is 0. The van der Waals surface area contributed by atoms with E-state index in [2.05, 4.69) is 0 Å². The first-order valence-electron chi connectivity index (χ1n) is 1.39. The quantitative estimate of drug-likeness (QED) is 0.569. The van der Waals surface area contributed by atoms with Crippen molar-refractivity contribution in [2.24, 2.45) is 5.73 Å². The fraction of sp³-hybridized carbons (Fsp3) is 0.667. The Morgan fingerprint density at radius 1 is 1.80 bits per heavy atom. The van der Waals surface area contributed by atoms with Crippen molar-refractivity contribution < 1.29 is 0 Å². The third-order valence-corrected chi connectivity index (χ3v) is 0.236. The van der Waals surface area contributed by atoms with Crippen LogP contribution in [0.25, 0.3) is 0 Å².